The van der Waals surface area contributed by atoms with Gasteiger partial charge in [-0.2, -0.15) is 0 Å². The summed E-state index contributed by atoms with van der Waals surface area (Å²) in [7, 11) is 0. The van der Waals surface area contributed by atoms with Crippen LogP contribution in [0, 0.1) is 5.92 Å². The van der Waals surface area contributed by atoms with Crippen LogP contribution in [0.2, 0.25) is 0 Å². The SMILES string of the molecule is CCCNCc1cncn1CCOCC(C)C. The number of nitrogens with zero attached hydrogens (tertiary/aromatic N) is 2. The highest BCUT2D eigenvalue weighted by Crippen LogP contribution is 2.00. The van der Waals surface area contributed by atoms with Crippen molar-refractivity contribution in [3.05, 3.63) is 18.2 Å². The number of hydrogen-bond donors (Lipinski definition) is 1. The number of aromatic nitrogens is 2. The number of hydrogen-bond acceptors (Lipinski definition) is 3. The first kappa shape index (κ1) is 14.2. The maximum Gasteiger partial charge on any atom is 0.0949 e. The van der Waals surface area contributed by atoms with Crippen LogP contribution in [0.3, 0.4) is 0 Å². The van der Waals surface area contributed by atoms with Gasteiger partial charge in [-0.15, -0.1) is 0 Å². The minimum atomic E-state index is 0.600. The topological polar surface area (TPSA) is 39.1 Å². The molecule has 0 atom stereocenters. The van der Waals surface area contributed by atoms with E-state index in [9.17, 15) is 0 Å². The molecule has 1 heterocycles. The minimum Gasteiger partial charge on any atom is -0.379 e. The van der Waals surface area contributed by atoms with Crippen LogP contribution in [-0.2, 0) is 17.8 Å². The van der Waals surface area contributed by atoms with Gasteiger partial charge in [-0.1, -0.05) is 20.8 Å². The van der Waals surface area contributed by atoms with Crippen LogP contribution >= 0.6 is 0 Å². The van der Waals surface area contributed by atoms with Crippen molar-refractivity contribution in [1.29, 1.82) is 0 Å². The van der Waals surface area contributed by atoms with E-state index in [-0.39, 0.29) is 0 Å². The Kier molecular flexibility index (Phi) is 6.89. The van der Waals surface area contributed by atoms with Crippen molar-refractivity contribution in [3.8, 4) is 0 Å². The number of ether oxygens (including phenoxy) is 1. The third-order valence-corrected chi connectivity index (χ3v) is 2.46. The first-order valence-electron chi connectivity index (χ1n) is 6.51. The van der Waals surface area contributed by atoms with E-state index in [1.54, 1.807) is 0 Å². The molecular weight excluding hydrogens is 214 g/mol. The molecule has 0 amide bonds. The second kappa shape index (κ2) is 8.25. The molecule has 0 saturated heterocycles. The number of imidazole rings is 1. The summed E-state index contributed by atoms with van der Waals surface area (Å²) in [6, 6.07) is 0. The Morgan fingerprint density at radius 1 is 1.47 bits per heavy atom. The van der Waals surface area contributed by atoms with Gasteiger partial charge in [0.25, 0.3) is 0 Å². The maximum atomic E-state index is 5.58. The third kappa shape index (κ3) is 5.84. The molecule has 0 spiro atoms. The van der Waals surface area contributed by atoms with Gasteiger partial charge in [0.15, 0.2) is 0 Å². The van der Waals surface area contributed by atoms with E-state index in [0.717, 1.165) is 39.3 Å². The number of nitrogens with one attached hydrogen (secondary N) is 1. The maximum absolute atomic E-state index is 5.58. The van der Waals surface area contributed by atoms with Gasteiger partial charge in [-0.25, -0.2) is 4.98 Å². The highest BCUT2D eigenvalue weighted by atomic mass is 16.5. The first-order chi connectivity index (χ1) is 8.24. The van der Waals surface area contributed by atoms with Gasteiger partial charge in [-0.3, -0.25) is 0 Å². The smallest absolute Gasteiger partial charge is 0.0949 e. The standard InChI is InChI=1S/C13H25N3O/c1-4-5-14-8-13-9-15-11-16(13)6-7-17-10-12(2)3/h9,11-12,14H,4-8,10H2,1-3H3. The molecule has 0 radical (unpaired) electrons. The van der Waals surface area contributed by atoms with Gasteiger partial charge in [0.2, 0.25) is 0 Å². The Morgan fingerprint density at radius 3 is 3.00 bits per heavy atom. The average molecular weight is 239 g/mol. The summed E-state index contributed by atoms with van der Waals surface area (Å²) in [5.41, 5.74) is 1.23. The first-order valence-corrected chi connectivity index (χ1v) is 6.51. The van der Waals surface area contributed by atoms with Crippen LogP contribution in [-0.4, -0.2) is 29.3 Å². The van der Waals surface area contributed by atoms with Crippen LogP contribution in [0.1, 0.15) is 32.9 Å². The van der Waals surface area contributed by atoms with Crippen LogP contribution in [0.5, 0.6) is 0 Å². The second-order valence-corrected chi connectivity index (χ2v) is 4.72. The van der Waals surface area contributed by atoms with E-state index in [0.29, 0.717) is 5.92 Å². The molecule has 0 unspecified atom stereocenters. The molecule has 17 heavy (non-hydrogen) atoms. The summed E-state index contributed by atoms with van der Waals surface area (Å²) in [4.78, 5) is 4.18. The van der Waals surface area contributed by atoms with Gasteiger partial charge >= 0.3 is 0 Å². The predicted molar refractivity (Wildman–Crippen MR) is 69.9 cm³/mol. The zero-order chi connectivity index (χ0) is 12.5. The monoisotopic (exact) mass is 239 g/mol. The lowest BCUT2D eigenvalue weighted by molar-refractivity contribution is 0.102. The van der Waals surface area contributed by atoms with E-state index < -0.39 is 0 Å². The lowest BCUT2D eigenvalue weighted by Gasteiger charge is -2.10. The van der Waals surface area contributed by atoms with Crippen LogP contribution in [0.25, 0.3) is 0 Å². The van der Waals surface area contributed by atoms with Crippen molar-refractivity contribution in [2.24, 2.45) is 5.92 Å². The molecule has 1 aromatic heterocycles. The zero-order valence-corrected chi connectivity index (χ0v) is 11.3. The van der Waals surface area contributed by atoms with Crippen molar-refractivity contribution >= 4 is 0 Å². The van der Waals surface area contributed by atoms with E-state index in [2.05, 4.69) is 35.6 Å². The molecule has 0 bridgehead atoms. The zero-order valence-electron chi connectivity index (χ0n) is 11.3. The fraction of sp³-hybridized carbons (Fsp3) is 0.769. The number of rotatable bonds is 9. The van der Waals surface area contributed by atoms with Gasteiger partial charge in [0, 0.05) is 25.9 Å². The highest BCUT2D eigenvalue weighted by Gasteiger charge is 2.01. The third-order valence-electron chi connectivity index (χ3n) is 2.46. The average Bonchev–Trinajstić information content (AvgIpc) is 2.72. The molecule has 0 aromatic carbocycles. The Balaban J connectivity index is 2.25. The van der Waals surface area contributed by atoms with Crippen molar-refractivity contribution in [1.82, 2.24) is 14.9 Å². The van der Waals surface area contributed by atoms with Gasteiger partial charge in [0.1, 0.15) is 0 Å². The molecule has 0 aliphatic heterocycles. The predicted octanol–water partition coefficient (Wildman–Crippen LogP) is 2.06. The summed E-state index contributed by atoms with van der Waals surface area (Å²) in [5, 5.41) is 3.38. The summed E-state index contributed by atoms with van der Waals surface area (Å²) in [5.74, 6) is 0.600. The molecule has 0 aliphatic rings. The molecule has 1 N–H and O–H groups in total. The van der Waals surface area contributed by atoms with Crippen molar-refractivity contribution < 1.29 is 4.74 Å². The molecule has 1 aromatic rings. The van der Waals surface area contributed by atoms with E-state index in [1.807, 2.05) is 12.5 Å². The Bertz CT molecular complexity index is 297. The highest BCUT2D eigenvalue weighted by molar-refractivity contribution is 4.97. The van der Waals surface area contributed by atoms with Crippen molar-refractivity contribution in [2.75, 3.05) is 19.8 Å². The molecule has 4 heteroatoms. The summed E-state index contributed by atoms with van der Waals surface area (Å²) < 4.78 is 7.74. The van der Waals surface area contributed by atoms with Gasteiger partial charge in [0.05, 0.1) is 18.6 Å². The largest absolute Gasteiger partial charge is 0.379 e. The van der Waals surface area contributed by atoms with E-state index >= 15 is 0 Å². The van der Waals surface area contributed by atoms with Gasteiger partial charge in [-0.05, 0) is 18.9 Å². The molecule has 0 aliphatic carbocycles. The minimum absolute atomic E-state index is 0.600. The molecule has 98 valence electrons. The molecule has 0 saturated carbocycles. The van der Waals surface area contributed by atoms with E-state index in [4.69, 9.17) is 4.74 Å². The van der Waals surface area contributed by atoms with Crippen molar-refractivity contribution in [3.63, 3.8) is 0 Å². The van der Waals surface area contributed by atoms with Crippen molar-refractivity contribution in [2.45, 2.75) is 40.3 Å². The van der Waals surface area contributed by atoms with Gasteiger partial charge < -0.3 is 14.6 Å². The molecule has 1 rings (SSSR count). The Morgan fingerprint density at radius 2 is 2.29 bits per heavy atom. The molecule has 4 nitrogen and oxygen atoms in total. The lowest BCUT2D eigenvalue weighted by Crippen LogP contribution is -2.18. The summed E-state index contributed by atoms with van der Waals surface area (Å²) in [6.07, 6.45) is 4.96. The van der Waals surface area contributed by atoms with E-state index in [1.165, 1.54) is 5.69 Å². The Labute approximate surface area is 104 Å². The van der Waals surface area contributed by atoms with Crippen LogP contribution in [0.15, 0.2) is 12.5 Å². The fourth-order valence-electron chi connectivity index (χ4n) is 1.57. The summed E-state index contributed by atoms with van der Waals surface area (Å²) >= 11 is 0. The van der Waals surface area contributed by atoms with Crippen LogP contribution in [0.4, 0.5) is 0 Å². The lowest BCUT2D eigenvalue weighted by atomic mass is 10.2. The molecule has 0 fully saturated rings. The summed E-state index contributed by atoms with van der Waals surface area (Å²) in [6.45, 7) is 10.9. The quantitative estimate of drug-likeness (QED) is 0.670. The Hall–Kier alpha value is -0.870. The normalized spacial score (nSPS) is 11.3. The molecular formula is C13H25N3O. The second-order valence-electron chi connectivity index (χ2n) is 4.72. The van der Waals surface area contributed by atoms with Crippen LogP contribution < -0.4 is 5.32 Å². The fourth-order valence-corrected chi connectivity index (χ4v) is 1.57.